The predicted molar refractivity (Wildman–Crippen MR) is 378 cm³/mol. The first-order valence-corrected chi connectivity index (χ1v) is 40.2. The lowest BCUT2D eigenvalue weighted by atomic mass is 9.74. The van der Waals surface area contributed by atoms with Gasteiger partial charge in [-0.3, -0.25) is 24.0 Å². The average Bonchev–Trinajstić information content (AvgIpc) is 0.778. The number of ether oxygens (including phenoxy) is 10. The minimum absolute atomic E-state index is 0.000292. The zero-order valence-corrected chi connectivity index (χ0v) is 63.3. The largest absolute Gasteiger partial charge is 0.394 e. The SMILES string of the molecule is CC[C@H]1C[C@@H](C(=O)NCCNC(=O)NCCCC(=O)[C@@H]2C[C@H](CC)[C@@H](O[C@@H]3O[C@@H](C)[C@@H](O)[C@@H](O)[C@@H]3O)[C@H](O[C@@H]3O[C@H](CO)[C@H](O)[C@H](O[C@@H](CC4CCCCC4)C(=O)N4CCC4)[C@H]3NC(C)=O)C2)C[C@@H](O[C@@H]2O[C@H](CO)[C@H](O)[C@H](O[C@@H](CC3CCCCC3)C(=O)N3CCC3)[C@H]2C)[C@@H]1O[C@@H]1O[C@@H](C)[C@@H](O)[C@@H](O)[C@@H]1O. The molecule has 0 radical (unpaired) electrons. The second kappa shape index (κ2) is 40.2. The smallest absolute Gasteiger partial charge is 0.314 e. The highest BCUT2D eigenvalue weighted by Crippen LogP contribution is 2.44. The Morgan fingerprint density at radius 1 is 0.477 bits per heavy atom. The van der Waals surface area contributed by atoms with Crippen molar-refractivity contribution in [2.75, 3.05) is 59.0 Å². The average molecular weight is 1530 g/mol. The van der Waals surface area contributed by atoms with Crippen LogP contribution in [-0.4, -0.2) is 309 Å². The fourth-order valence-corrected chi connectivity index (χ4v) is 17.7. The molecule has 32 nitrogen and oxygen atoms in total. The van der Waals surface area contributed by atoms with E-state index in [1.54, 1.807) is 16.7 Å². The minimum atomic E-state index is -1.70. The highest BCUT2D eigenvalue weighted by molar-refractivity contribution is 5.83. The molecular weight excluding hydrogens is 1400 g/mol. The Kier molecular flexibility index (Phi) is 32.1. The number of urea groups is 1. The number of nitrogens with one attached hydrogen (secondary N) is 4. The zero-order valence-electron chi connectivity index (χ0n) is 63.3. The van der Waals surface area contributed by atoms with Gasteiger partial charge in [-0.2, -0.15) is 0 Å². The maximum Gasteiger partial charge on any atom is 0.314 e. The Morgan fingerprint density at radius 3 is 1.40 bits per heavy atom. The summed E-state index contributed by atoms with van der Waals surface area (Å²) in [5.74, 6) is -4.07. The van der Waals surface area contributed by atoms with Crippen LogP contribution in [0.2, 0.25) is 0 Å². The molecular formula is C75H126N6O26. The minimum Gasteiger partial charge on any atom is -0.394 e. The molecule has 0 spiro atoms. The Hall–Kier alpha value is -3.98. The summed E-state index contributed by atoms with van der Waals surface area (Å²) in [5, 5.41) is 122. The molecule has 0 unspecified atom stereocenters. The van der Waals surface area contributed by atoms with Crippen molar-refractivity contribution in [3.8, 4) is 0 Å². The number of carbonyl (C=O) groups excluding carboxylic acids is 6. The number of Topliss-reactive ketones (excluding diaryl/α,β-unsaturated/α-hetero) is 1. The Morgan fingerprint density at radius 2 is 0.925 bits per heavy atom. The van der Waals surface area contributed by atoms with Crippen molar-refractivity contribution in [2.45, 2.75) is 336 Å². The number of carbonyl (C=O) groups is 6. The summed E-state index contributed by atoms with van der Waals surface area (Å²) in [4.78, 5) is 87.0. The number of hydrogen-bond donors (Lipinski definition) is 14. The number of aliphatic hydroxyl groups is 10. The highest BCUT2D eigenvalue weighted by atomic mass is 16.7. The molecule has 14 N–H and O–H groups in total. The van der Waals surface area contributed by atoms with Gasteiger partial charge < -0.3 is 130 Å². The molecule has 10 aliphatic rings. The first-order chi connectivity index (χ1) is 51.3. The monoisotopic (exact) mass is 1530 g/mol. The topological polar surface area (TPSA) is 452 Å². The van der Waals surface area contributed by atoms with E-state index in [0.717, 1.165) is 77.0 Å². The van der Waals surface area contributed by atoms with Crippen LogP contribution in [0, 0.1) is 41.4 Å². The van der Waals surface area contributed by atoms with Gasteiger partial charge in [-0.05, 0) is 95.3 Å². The number of likely N-dealkylation sites (tertiary alicyclic amines) is 2. The number of amides is 6. The van der Waals surface area contributed by atoms with E-state index in [9.17, 15) is 79.8 Å². The molecule has 0 aromatic rings. The van der Waals surface area contributed by atoms with E-state index >= 15 is 0 Å². The number of nitrogens with zero attached hydrogens (tertiary/aromatic N) is 2. The molecule has 30 atom stereocenters. The van der Waals surface area contributed by atoms with E-state index < -0.39 is 208 Å². The Labute approximate surface area is 627 Å². The molecule has 4 aliphatic carbocycles. The van der Waals surface area contributed by atoms with Crippen LogP contribution in [0.4, 0.5) is 4.79 Å². The van der Waals surface area contributed by atoms with Gasteiger partial charge in [0.05, 0.1) is 55.9 Å². The standard InChI is InChI=1S/C75H126N6O26/c1-7-44-32-46(34-49(65(44)106-73-62(92)60(90)56(86)39(4)98-73)103-72-55(79-41(6)84)67(59(89)54(37-83)105-72)101-52(70(96)81-28-17-29-81)31-43-20-13-10-14-21-43)48(85)22-15-23-77-75(97)78-25-24-76-68(94)47-33-45(8-2)66(107-74-63(93)61(91)57(87)40(5)99-74)50(35-47)102-71-38(3)64(58(88)53(36-82)104-71)100-51(69(95)80-26-16-27-80)30-42-18-11-9-12-19-42/h38-40,42-47,49-67,71-74,82-83,86-93H,7-37H2,1-6H3,(H,76,94)(H,79,84)(H2,77,78,97)/t38-,39+,40+,44+,45+,46-,47-,49-,50-,51+,52+,53-,54-,55-,56-,57-,58+,59+,60-,61-,62+,63+,64-,65-,66-,67-,71-,72-,73+,74+/m1/s1. The zero-order chi connectivity index (χ0) is 76.9. The van der Waals surface area contributed by atoms with E-state index in [1.807, 2.05) is 13.8 Å². The normalized spacial score (nSPS) is 40.1. The summed E-state index contributed by atoms with van der Waals surface area (Å²) in [5.41, 5.74) is 0. The third kappa shape index (κ3) is 21.5. The molecule has 6 saturated heterocycles. The van der Waals surface area contributed by atoms with Gasteiger partial charge in [-0.1, -0.05) is 97.8 Å². The molecule has 0 aromatic heterocycles. The van der Waals surface area contributed by atoms with Crippen LogP contribution in [0.3, 0.4) is 0 Å². The van der Waals surface area contributed by atoms with Crippen molar-refractivity contribution < 1.29 is 127 Å². The molecule has 0 bridgehead atoms. The molecule has 612 valence electrons. The van der Waals surface area contributed by atoms with Crippen LogP contribution in [-0.2, 0) is 71.3 Å². The van der Waals surface area contributed by atoms with Gasteiger partial charge in [0.25, 0.3) is 11.8 Å². The number of ketones is 1. The van der Waals surface area contributed by atoms with E-state index in [2.05, 4.69) is 21.3 Å². The Bertz CT molecular complexity index is 2820. The van der Waals surface area contributed by atoms with Gasteiger partial charge in [-0.15, -0.1) is 0 Å². The van der Waals surface area contributed by atoms with Gasteiger partial charge in [-0.25, -0.2) is 4.79 Å². The predicted octanol–water partition coefficient (Wildman–Crippen LogP) is 0.0293. The number of aliphatic hydroxyl groups excluding tert-OH is 10. The van der Waals surface area contributed by atoms with Crippen LogP contribution < -0.4 is 21.3 Å². The third-order valence-electron chi connectivity index (χ3n) is 24.6. The van der Waals surface area contributed by atoms with Gasteiger partial charge in [0.2, 0.25) is 11.8 Å². The van der Waals surface area contributed by atoms with E-state index in [4.69, 9.17) is 47.4 Å². The first-order valence-electron chi connectivity index (χ1n) is 40.2. The van der Waals surface area contributed by atoms with E-state index in [0.29, 0.717) is 51.9 Å². The summed E-state index contributed by atoms with van der Waals surface area (Å²) in [6.45, 7) is 10.9. The second-order valence-corrected chi connectivity index (χ2v) is 32.2. The van der Waals surface area contributed by atoms with Crippen LogP contribution in [0.1, 0.15) is 183 Å². The fraction of sp³-hybridized carbons (Fsp3) is 0.920. The maximum absolute atomic E-state index is 14.5. The molecule has 10 fully saturated rings. The quantitative estimate of drug-likeness (QED) is 0.0395. The van der Waals surface area contributed by atoms with Gasteiger partial charge in [0.15, 0.2) is 25.2 Å². The molecule has 6 aliphatic heterocycles. The van der Waals surface area contributed by atoms with Gasteiger partial charge >= 0.3 is 6.03 Å². The molecule has 107 heavy (non-hydrogen) atoms. The van der Waals surface area contributed by atoms with E-state index in [-0.39, 0.29) is 93.5 Å². The van der Waals surface area contributed by atoms with Crippen LogP contribution in [0.25, 0.3) is 0 Å². The lowest BCUT2D eigenvalue weighted by molar-refractivity contribution is -0.343. The van der Waals surface area contributed by atoms with Crippen molar-refractivity contribution in [3.63, 3.8) is 0 Å². The third-order valence-corrected chi connectivity index (χ3v) is 24.6. The Balaban J connectivity index is 0.764. The summed E-state index contributed by atoms with van der Waals surface area (Å²) in [7, 11) is 0. The lowest BCUT2D eigenvalue weighted by Gasteiger charge is -2.49. The molecule has 6 amide bonds. The molecule has 6 heterocycles. The van der Waals surface area contributed by atoms with E-state index in [1.165, 1.54) is 20.8 Å². The summed E-state index contributed by atoms with van der Waals surface area (Å²) < 4.78 is 64.7. The molecule has 4 saturated carbocycles. The van der Waals surface area contributed by atoms with Gasteiger partial charge in [0, 0.05) is 76.9 Å². The first kappa shape index (κ1) is 85.4. The maximum atomic E-state index is 14.5. The summed E-state index contributed by atoms with van der Waals surface area (Å²) in [6, 6.07) is -1.85. The van der Waals surface area contributed by atoms with Gasteiger partial charge in [0.1, 0.15) is 91.2 Å². The second-order valence-electron chi connectivity index (χ2n) is 32.2. The lowest BCUT2D eigenvalue weighted by Crippen LogP contribution is -2.67. The number of rotatable bonds is 32. The molecule has 32 heteroatoms. The number of hydrogen-bond acceptors (Lipinski definition) is 26. The van der Waals surface area contributed by atoms with Crippen molar-refractivity contribution in [1.29, 1.82) is 0 Å². The van der Waals surface area contributed by atoms with Crippen LogP contribution in [0.15, 0.2) is 0 Å². The van der Waals surface area contributed by atoms with Crippen molar-refractivity contribution in [1.82, 2.24) is 31.1 Å². The molecule has 0 aromatic carbocycles. The van der Waals surface area contributed by atoms with Crippen molar-refractivity contribution in [2.24, 2.45) is 41.4 Å². The van der Waals surface area contributed by atoms with Crippen LogP contribution >= 0.6 is 0 Å². The summed E-state index contributed by atoms with van der Waals surface area (Å²) >= 11 is 0. The fourth-order valence-electron chi connectivity index (χ4n) is 17.7. The van der Waals surface area contributed by atoms with Crippen LogP contribution in [0.5, 0.6) is 0 Å². The van der Waals surface area contributed by atoms with Crippen molar-refractivity contribution >= 4 is 35.4 Å². The van der Waals surface area contributed by atoms with Crippen molar-refractivity contribution in [3.05, 3.63) is 0 Å². The molecule has 10 rings (SSSR count). The highest BCUT2D eigenvalue weighted by Gasteiger charge is 2.56. The summed E-state index contributed by atoms with van der Waals surface area (Å²) in [6.07, 6.45) is -16.2.